The SMILES string of the molecule is Cc1nc(CC(O)c2ccc(F)cc2Cl)cs1. The molecule has 1 N–H and O–H groups in total. The number of aliphatic hydroxyl groups is 1. The van der Waals surface area contributed by atoms with E-state index in [0.717, 1.165) is 10.7 Å². The maximum absolute atomic E-state index is 12.9. The monoisotopic (exact) mass is 271 g/mol. The second-order valence-corrected chi connectivity index (χ2v) is 5.21. The second kappa shape index (κ2) is 5.12. The van der Waals surface area contributed by atoms with Crippen LogP contribution in [0.15, 0.2) is 23.6 Å². The van der Waals surface area contributed by atoms with Gasteiger partial charge in [-0.25, -0.2) is 9.37 Å². The predicted octanol–water partition coefficient (Wildman–Crippen LogP) is 3.52. The molecule has 5 heteroatoms. The van der Waals surface area contributed by atoms with Crippen molar-refractivity contribution in [3.05, 3.63) is 50.7 Å². The number of aromatic nitrogens is 1. The minimum atomic E-state index is -0.760. The van der Waals surface area contributed by atoms with Gasteiger partial charge in [0.25, 0.3) is 0 Å². The summed E-state index contributed by atoms with van der Waals surface area (Å²) in [7, 11) is 0. The normalized spacial score (nSPS) is 12.7. The van der Waals surface area contributed by atoms with Crippen LogP contribution in [0.1, 0.15) is 22.4 Å². The molecule has 0 aliphatic heterocycles. The van der Waals surface area contributed by atoms with Gasteiger partial charge in [0.15, 0.2) is 0 Å². The molecule has 1 unspecified atom stereocenters. The van der Waals surface area contributed by atoms with E-state index in [1.165, 1.54) is 29.5 Å². The van der Waals surface area contributed by atoms with Gasteiger partial charge in [0, 0.05) is 16.8 Å². The first-order chi connectivity index (χ1) is 8.06. The molecule has 17 heavy (non-hydrogen) atoms. The Kier molecular flexibility index (Phi) is 3.76. The summed E-state index contributed by atoms with van der Waals surface area (Å²) in [5.74, 6) is -0.407. The molecule has 0 aliphatic carbocycles. The molecule has 1 heterocycles. The van der Waals surface area contributed by atoms with E-state index in [1.807, 2.05) is 12.3 Å². The molecule has 2 nitrogen and oxygen atoms in total. The van der Waals surface area contributed by atoms with E-state index in [1.54, 1.807) is 0 Å². The molecule has 0 amide bonds. The lowest BCUT2D eigenvalue weighted by atomic mass is 10.1. The maximum Gasteiger partial charge on any atom is 0.124 e. The molecule has 2 aromatic rings. The minimum absolute atomic E-state index is 0.240. The largest absolute Gasteiger partial charge is 0.388 e. The Balaban J connectivity index is 2.17. The molecular formula is C12H11ClFNOS. The molecule has 1 atom stereocenters. The Morgan fingerprint density at radius 3 is 2.88 bits per heavy atom. The molecule has 90 valence electrons. The summed E-state index contributed by atoms with van der Waals surface area (Å²) >= 11 is 7.41. The van der Waals surface area contributed by atoms with Gasteiger partial charge in [-0.2, -0.15) is 0 Å². The lowest BCUT2D eigenvalue weighted by Gasteiger charge is -2.11. The Labute approximate surface area is 108 Å². The molecule has 0 fully saturated rings. The summed E-state index contributed by atoms with van der Waals surface area (Å²) in [5.41, 5.74) is 1.35. The van der Waals surface area contributed by atoms with Crippen molar-refractivity contribution < 1.29 is 9.50 Å². The molecule has 0 saturated heterocycles. The fourth-order valence-electron chi connectivity index (χ4n) is 1.58. The summed E-state index contributed by atoms with van der Waals surface area (Å²) in [6.07, 6.45) is -0.375. The first-order valence-corrected chi connectivity index (χ1v) is 6.36. The number of aliphatic hydroxyl groups excluding tert-OH is 1. The van der Waals surface area contributed by atoms with Crippen molar-refractivity contribution in [1.29, 1.82) is 0 Å². The number of benzene rings is 1. The highest BCUT2D eigenvalue weighted by Gasteiger charge is 2.14. The first-order valence-electron chi connectivity index (χ1n) is 5.10. The fraction of sp³-hybridized carbons (Fsp3) is 0.250. The van der Waals surface area contributed by atoms with Crippen molar-refractivity contribution in [3.8, 4) is 0 Å². The number of thiazole rings is 1. The molecule has 0 aliphatic rings. The Morgan fingerprint density at radius 2 is 2.29 bits per heavy atom. The van der Waals surface area contributed by atoms with Crippen LogP contribution in [-0.4, -0.2) is 10.1 Å². The predicted molar refractivity (Wildman–Crippen MR) is 66.9 cm³/mol. The number of halogens is 2. The summed E-state index contributed by atoms with van der Waals surface area (Å²) in [5, 5.41) is 13.1. The van der Waals surface area contributed by atoms with Crippen LogP contribution in [0, 0.1) is 12.7 Å². The van der Waals surface area contributed by atoms with Gasteiger partial charge in [-0.05, 0) is 24.6 Å². The van der Waals surface area contributed by atoms with Crippen LogP contribution in [0.25, 0.3) is 0 Å². The van der Waals surface area contributed by atoms with Crippen LogP contribution in [-0.2, 0) is 6.42 Å². The number of aryl methyl sites for hydroxylation is 1. The zero-order chi connectivity index (χ0) is 12.4. The van der Waals surface area contributed by atoms with Gasteiger partial charge in [-0.15, -0.1) is 11.3 Å². The van der Waals surface area contributed by atoms with Crippen LogP contribution in [0.3, 0.4) is 0 Å². The van der Waals surface area contributed by atoms with Crippen LogP contribution in [0.5, 0.6) is 0 Å². The number of nitrogens with zero attached hydrogens (tertiary/aromatic N) is 1. The van der Waals surface area contributed by atoms with Gasteiger partial charge in [0.05, 0.1) is 16.8 Å². The molecule has 0 bridgehead atoms. The van der Waals surface area contributed by atoms with Crippen molar-refractivity contribution in [2.24, 2.45) is 0 Å². The average molecular weight is 272 g/mol. The van der Waals surface area contributed by atoms with Crippen LogP contribution >= 0.6 is 22.9 Å². The van der Waals surface area contributed by atoms with Gasteiger partial charge in [0.2, 0.25) is 0 Å². The molecule has 2 rings (SSSR count). The van der Waals surface area contributed by atoms with E-state index >= 15 is 0 Å². The van der Waals surface area contributed by atoms with Crippen LogP contribution < -0.4 is 0 Å². The van der Waals surface area contributed by atoms with E-state index in [4.69, 9.17) is 11.6 Å². The highest BCUT2D eigenvalue weighted by molar-refractivity contribution is 7.09. The molecule has 0 saturated carbocycles. The van der Waals surface area contributed by atoms with Gasteiger partial charge in [-0.1, -0.05) is 17.7 Å². The van der Waals surface area contributed by atoms with Crippen LogP contribution in [0.2, 0.25) is 5.02 Å². The standard InChI is InChI=1S/C12H11ClFNOS/c1-7-15-9(6-17-7)5-12(16)10-3-2-8(14)4-11(10)13/h2-4,6,12,16H,5H2,1H3. The summed E-state index contributed by atoms with van der Waals surface area (Å²) in [6.45, 7) is 1.91. The van der Waals surface area contributed by atoms with Gasteiger partial charge in [0.1, 0.15) is 5.82 Å². The van der Waals surface area contributed by atoms with E-state index in [2.05, 4.69) is 4.98 Å². The molecule has 1 aromatic carbocycles. The second-order valence-electron chi connectivity index (χ2n) is 3.74. The van der Waals surface area contributed by atoms with Gasteiger partial charge in [-0.3, -0.25) is 0 Å². The zero-order valence-electron chi connectivity index (χ0n) is 9.15. The van der Waals surface area contributed by atoms with E-state index < -0.39 is 11.9 Å². The lowest BCUT2D eigenvalue weighted by molar-refractivity contribution is 0.177. The topological polar surface area (TPSA) is 33.1 Å². The highest BCUT2D eigenvalue weighted by atomic mass is 35.5. The van der Waals surface area contributed by atoms with Crippen LogP contribution in [0.4, 0.5) is 4.39 Å². The molecule has 0 radical (unpaired) electrons. The van der Waals surface area contributed by atoms with Crippen molar-refractivity contribution >= 4 is 22.9 Å². The number of hydrogen-bond acceptors (Lipinski definition) is 3. The van der Waals surface area contributed by atoms with Crippen molar-refractivity contribution in [2.45, 2.75) is 19.4 Å². The van der Waals surface area contributed by atoms with Gasteiger partial charge < -0.3 is 5.11 Å². The molecule has 0 spiro atoms. The Bertz CT molecular complexity index is 529. The fourth-order valence-corrected chi connectivity index (χ4v) is 2.50. The third kappa shape index (κ3) is 3.03. The van der Waals surface area contributed by atoms with Crippen molar-refractivity contribution in [3.63, 3.8) is 0 Å². The summed E-state index contributed by atoms with van der Waals surface area (Å²) < 4.78 is 12.9. The van der Waals surface area contributed by atoms with E-state index in [9.17, 15) is 9.50 Å². The summed E-state index contributed by atoms with van der Waals surface area (Å²) in [4.78, 5) is 4.26. The number of hydrogen-bond donors (Lipinski definition) is 1. The lowest BCUT2D eigenvalue weighted by Crippen LogP contribution is -2.03. The zero-order valence-corrected chi connectivity index (χ0v) is 10.7. The van der Waals surface area contributed by atoms with E-state index in [-0.39, 0.29) is 5.02 Å². The van der Waals surface area contributed by atoms with Crippen molar-refractivity contribution in [1.82, 2.24) is 4.98 Å². The third-order valence-electron chi connectivity index (χ3n) is 2.39. The van der Waals surface area contributed by atoms with Crippen molar-refractivity contribution in [2.75, 3.05) is 0 Å². The Morgan fingerprint density at radius 1 is 1.53 bits per heavy atom. The Hall–Kier alpha value is -0.970. The third-order valence-corrected chi connectivity index (χ3v) is 3.54. The highest BCUT2D eigenvalue weighted by Crippen LogP contribution is 2.26. The smallest absolute Gasteiger partial charge is 0.124 e. The quantitative estimate of drug-likeness (QED) is 0.927. The average Bonchev–Trinajstić information content (AvgIpc) is 2.63. The number of rotatable bonds is 3. The molecule has 1 aromatic heterocycles. The van der Waals surface area contributed by atoms with Gasteiger partial charge >= 0.3 is 0 Å². The summed E-state index contributed by atoms with van der Waals surface area (Å²) in [6, 6.07) is 3.99. The minimum Gasteiger partial charge on any atom is -0.388 e. The maximum atomic E-state index is 12.9. The molecular weight excluding hydrogens is 261 g/mol. The van der Waals surface area contributed by atoms with E-state index in [0.29, 0.717) is 12.0 Å². The first kappa shape index (κ1) is 12.5.